The minimum absolute atomic E-state index is 0.0402. The maximum atomic E-state index is 5.48. The predicted molar refractivity (Wildman–Crippen MR) is 61.2 cm³/mol. The molecule has 12 heavy (non-hydrogen) atoms. The molecule has 0 saturated heterocycles. The Labute approximate surface area is 84.7 Å². The Hall–Kier alpha value is -0.220. The highest BCUT2D eigenvalue weighted by atomic mass is 32.1. The van der Waals surface area contributed by atoms with E-state index in [1.165, 1.54) is 12.8 Å². The van der Waals surface area contributed by atoms with Gasteiger partial charge in [0.25, 0.3) is 0 Å². The molecule has 2 nitrogen and oxygen atoms in total. The second kappa shape index (κ2) is 6.31. The molecule has 0 unspecified atom stereocenters. The number of nitrogens with two attached hydrogens (primary N) is 2. The summed E-state index contributed by atoms with van der Waals surface area (Å²) >= 11 is 9.71. The second-order valence-corrected chi connectivity index (χ2v) is 3.80. The van der Waals surface area contributed by atoms with E-state index >= 15 is 0 Å². The number of rotatable bonds is 6. The quantitative estimate of drug-likeness (QED) is 0.511. The van der Waals surface area contributed by atoms with Gasteiger partial charge in [0.2, 0.25) is 0 Å². The van der Waals surface area contributed by atoms with E-state index in [4.69, 9.17) is 35.9 Å². The van der Waals surface area contributed by atoms with Crippen LogP contribution in [0.2, 0.25) is 0 Å². The third kappa shape index (κ3) is 4.62. The highest BCUT2D eigenvalue weighted by Gasteiger charge is 2.13. The first-order valence-corrected chi connectivity index (χ1v) is 4.99. The topological polar surface area (TPSA) is 52.0 Å². The fourth-order valence-electron chi connectivity index (χ4n) is 1.02. The summed E-state index contributed by atoms with van der Waals surface area (Å²) < 4.78 is 0. The fraction of sp³-hybridized carbons (Fsp3) is 0.750. The van der Waals surface area contributed by atoms with Crippen molar-refractivity contribution in [1.82, 2.24) is 0 Å². The number of thiocarbonyl (C=S) groups is 2. The predicted octanol–water partition coefficient (Wildman–Crippen LogP) is 1.76. The van der Waals surface area contributed by atoms with Crippen molar-refractivity contribution in [1.29, 1.82) is 0 Å². The zero-order valence-corrected chi connectivity index (χ0v) is 9.01. The minimum atomic E-state index is -0.0402. The van der Waals surface area contributed by atoms with Gasteiger partial charge in [-0.25, -0.2) is 0 Å². The fourth-order valence-corrected chi connectivity index (χ4v) is 1.59. The number of unbranched alkanes of at least 4 members (excludes halogenated alkanes) is 2. The Kier molecular flexibility index (Phi) is 6.20. The molecule has 0 radical (unpaired) electrons. The molecule has 0 bridgehead atoms. The van der Waals surface area contributed by atoms with Crippen LogP contribution in [0, 0.1) is 5.92 Å². The first-order valence-electron chi connectivity index (χ1n) is 4.18. The van der Waals surface area contributed by atoms with Gasteiger partial charge in [-0.05, 0) is 6.42 Å². The summed E-state index contributed by atoms with van der Waals surface area (Å²) in [4.78, 5) is 0.859. The lowest BCUT2D eigenvalue weighted by atomic mass is 10.0. The molecule has 0 aromatic carbocycles. The largest absolute Gasteiger partial charge is 0.393 e. The van der Waals surface area contributed by atoms with Crippen molar-refractivity contribution in [3.8, 4) is 0 Å². The smallest absolute Gasteiger partial charge is 0.0827 e. The Morgan fingerprint density at radius 1 is 1.17 bits per heavy atom. The molecule has 0 aliphatic carbocycles. The van der Waals surface area contributed by atoms with Gasteiger partial charge in [0.1, 0.15) is 0 Å². The molecule has 0 atom stereocenters. The van der Waals surface area contributed by atoms with Crippen LogP contribution in [-0.2, 0) is 0 Å². The minimum Gasteiger partial charge on any atom is -0.393 e. The van der Waals surface area contributed by atoms with Crippen LogP contribution in [0.4, 0.5) is 0 Å². The number of hydrogen-bond acceptors (Lipinski definition) is 2. The molecule has 0 aliphatic rings. The molecule has 0 saturated carbocycles. The van der Waals surface area contributed by atoms with Crippen molar-refractivity contribution in [2.45, 2.75) is 32.6 Å². The highest BCUT2D eigenvalue weighted by Crippen LogP contribution is 2.10. The van der Waals surface area contributed by atoms with Crippen LogP contribution in [0.25, 0.3) is 0 Å². The van der Waals surface area contributed by atoms with E-state index in [1.807, 2.05) is 0 Å². The third-order valence-electron chi connectivity index (χ3n) is 1.78. The molecule has 0 aromatic heterocycles. The van der Waals surface area contributed by atoms with E-state index in [9.17, 15) is 0 Å². The van der Waals surface area contributed by atoms with E-state index in [-0.39, 0.29) is 5.92 Å². The van der Waals surface area contributed by atoms with Crippen LogP contribution in [0.3, 0.4) is 0 Å². The van der Waals surface area contributed by atoms with Crippen LogP contribution in [0.1, 0.15) is 32.6 Å². The average Bonchev–Trinajstić information content (AvgIpc) is 1.96. The van der Waals surface area contributed by atoms with E-state index in [0.29, 0.717) is 9.98 Å². The molecule has 70 valence electrons. The molecule has 0 fully saturated rings. The second-order valence-electron chi connectivity index (χ2n) is 2.85. The zero-order valence-electron chi connectivity index (χ0n) is 7.38. The summed E-state index contributed by atoms with van der Waals surface area (Å²) in [6, 6.07) is 0. The van der Waals surface area contributed by atoms with E-state index in [0.717, 1.165) is 12.8 Å². The molecular formula is C8H16N2S2. The summed E-state index contributed by atoms with van der Waals surface area (Å²) in [5, 5.41) is 0. The standard InChI is InChI=1S/C8H16N2S2/c1-2-3-4-5-6(7(9)11)8(10)12/h6H,2-5H2,1H3,(H2,9,11)(H2,10,12). The molecule has 4 N–H and O–H groups in total. The van der Waals surface area contributed by atoms with Crippen molar-refractivity contribution >= 4 is 34.4 Å². The maximum absolute atomic E-state index is 5.48. The van der Waals surface area contributed by atoms with Gasteiger partial charge >= 0.3 is 0 Å². The van der Waals surface area contributed by atoms with Gasteiger partial charge in [-0.2, -0.15) is 0 Å². The summed E-state index contributed by atoms with van der Waals surface area (Å²) in [7, 11) is 0. The van der Waals surface area contributed by atoms with Crippen molar-refractivity contribution in [2.24, 2.45) is 17.4 Å². The summed E-state index contributed by atoms with van der Waals surface area (Å²) in [6.45, 7) is 2.15. The maximum Gasteiger partial charge on any atom is 0.0827 e. The summed E-state index contributed by atoms with van der Waals surface area (Å²) in [5.74, 6) is -0.0402. The van der Waals surface area contributed by atoms with E-state index in [2.05, 4.69) is 6.92 Å². The van der Waals surface area contributed by atoms with Gasteiger partial charge in [0.05, 0.1) is 15.9 Å². The lowest BCUT2D eigenvalue weighted by molar-refractivity contribution is 0.646. The molecule has 0 rings (SSSR count). The Morgan fingerprint density at radius 3 is 2.00 bits per heavy atom. The van der Waals surface area contributed by atoms with Crippen molar-refractivity contribution in [3.05, 3.63) is 0 Å². The van der Waals surface area contributed by atoms with Crippen LogP contribution >= 0.6 is 24.4 Å². The first-order chi connectivity index (χ1) is 5.59. The Balaban J connectivity index is 3.80. The molecular weight excluding hydrogens is 188 g/mol. The molecule has 0 spiro atoms. The van der Waals surface area contributed by atoms with Crippen LogP contribution in [0.5, 0.6) is 0 Å². The van der Waals surface area contributed by atoms with E-state index in [1.54, 1.807) is 0 Å². The number of hydrogen-bond donors (Lipinski definition) is 2. The molecule has 0 aromatic rings. The zero-order chi connectivity index (χ0) is 9.56. The summed E-state index contributed by atoms with van der Waals surface area (Å²) in [6.07, 6.45) is 4.36. The Morgan fingerprint density at radius 2 is 1.67 bits per heavy atom. The van der Waals surface area contributed by atoms with Crippen LogP contribution in [-0.4, -0.2) is 9.98 Å². The van der Waals surface area contributed by atoms with Crippen LogP contribution < -0.4 is 11.5 Å². The van der Waals surface area contributed by atoms with Gasteiger partial charge in [0.15, 0.2) is 0 Å². The lowest BCUT2D eigenvalue weighted by Crippen LogP contribution is -2.32. The van der Waals surface area contributed by atoms with Gasteiger partial charge in [-0.1, -0.05) is 50.6 Å². The van der Waals surface area contributed by atoms with Crippen molar-refractivity contribution in [2.75, 3.05) is 0 Å². The molecule has 4 heteroatoms. The third-order valence-corrected chi connectivity index (χ3v) is 2.35. The van der Waals surface area contributed by atoms with Crippen molar-refractivity contribution < 1.29 is 0 Å². The van der Waals surface area contributed by atoms with Gasteiger partial charge < -0.3 is 11.5 Å². The van der Waals surface area contributed by atoms with Crippen LogP contribution in [0.15, 0.2) is 0 Å². The lowest BCUT2D eigenvalue weighted by Gasteiger charge is -2.12. The Bertz CT molecular complexity index is 154. The molecule has 0 heterocycles. The normalized spacial score (nSPS) is 10.2. The van der Waals surface area contributed by atoms with E-state index < -0.39 is 0 Å². The molecule has 0 amide bonds. The first kappa shape index (κ1) is 11.8. The monoisotopic (exact) mass is 204 g/mol. The van der Waals surface area contributed by atoms with Gasteiger partial charge in [0, 0.05) is 0 Å². The molecule has 0 aliphatic heterocycles. The SMILES string of the molecule is CCCCCC(C(N)=S)C(N)=S. The van der Waals surface area contributed by atoms with Crippen molar-refractivity contribution in [3.63, 3.8) is 0 Å². The van der Waals surface area contributed by atoms with Gasteiger partial charge in [-0.3, -0.25) is 0 Å². The summed E-state index contributed by atoms with van der Waals surface area (Å²) in [5.41, 5.74) is 11.0. The van der Waals surface area contributed by atoms with Gasteiger partial charge in [-0.15, -0.1) is 0 Å². The highest BCUT2D eigenvalue weighted by molar-refractivity contribution is 7.82. The average molecular weight is 204 g/mol.